The van der Waals surface area contributed by atoms with Gasteiger partial charge in [0, 0.05) is 28.8 Å². The monoisotopic (exact) mass is 477 g/mol. The van der Waals surface area contributed by atoms with E-state index in [0.29, 0.717) is 5.69 Å². The summed E-state index contributed by atoms with van der Waals surface area (Å²) < 4.78 is 33.1. The minimum Gasteiger partial charge on any atom is -0.495 e. The van der Waals surface area contributed by atoms with Crippen LogP contribution in [0, 0.1) is 10.1 Å². The van der Waals surface area contributed by atoms with E-state index < -0.39 is 20.9 Å². The Labute approximate surface area is 195 Å². The number of sulfonamides is 1. The second-order valence-electron chi connectivity index (χ2n) is 7.25. The molecule has 0 saturated heterocycles. The predicted octanol–water partition coefficient (Wildman–Crippen LogP) is 4.81. The van der Waals surface area contributed by atoms with Crippen LogP contribution in [-0.4, -0.2) is 26.4 Å². The Hall–Kier alpha value is -4.44. The topological polar surface area (TPSA) is 128 Å². The van der Waals surface area contributed by atoms with E-state index >= 15 is 0 Å². The molecule has 9 nitrogen and oxygen atoms in total. The van der Waals surface area contributed by atoms with Gasteiger partial charge in [0.1, 0.15) is 5.75 Å². The first-order valence-electron chi connectivity index (χ1n) is 10.0. The van der Waals surface area contributed by atoms with Crippen LogP contribution in [0.4, 0.5) is 17.1 Å². The number of amides is 1. The molecule has 0 aliphatic rings. The van der Waals surface area contributed by atoms with Crippen LogP contribution >= 0.6 is 0 Å². The molecule has 0 bridgehead atoms. The van der Waals surface area contributed by atoms with Crippen molar-refractivity contribution in [2.75, 3.05) is 17.1 Å². The molecule has 0 heterocycles. The SMILES string of the molecule is COc1ccc([N+](=O)[O-])cc1NS(=O)(=O)c1ccc(C(=O)Nc2cccc3ccccc23)cc1. The fraction of sp³-hybridized carbons (Fsp3) is 0.0417. The summed E-state index contributed by atoms with van der Waals surface area (Å²) in [6, 6.07) is 22.1. The molecule has 4 aromatic rings. The number of nitrogens with zero attached hydrogens (tertiary/aromatic N) is 1. The number of carbonyl (C=O) groups is 1. The smallest absolute Gasteiger partial charge is 0.271 e. The van der Waals surface area contributed by atoms with E-state index in [1.54, 1.807) is 6.07 Å². The van der Waals surface area contributed by atoms with Gasteiger partial charge in [0.2, 0.25) is 0 Å². The van der Waals surface area contributed by atoms with Gasteiger partial charge in [-0.15, -0.1) is 0 Å². The van der Waals surface area contributed by atoms with Crippen molar-refractivity contribution in [3.05, 3.63) is 101 Å². The van der Waals surface area contributed by atoms with Gasteiger partial charge in [-0.1, -0.05) is 36.4 Å². The molecule has 34 heavy (non-hydrogen) atoms. The second-order valence-corrected chi connectivity index (χ2v) is 8.93. The van der Waals surface area contributed by atoms with Crippen molar-refractivity contribution in [1.82, 2.24) is 0 Å². The van der Waals surface area contributed by atoms with Crippen LogP contribution in [0.5, 0.6) is 5.75 Å². The van der Waals surface area contributed by atoms with Crippen LogP contribution in [0.15, 0.2) is 89.8 Å². The number of nitro benzene ring substituents is 1. The number of anilines is 2. The summed E-state index contributed by atoms with van der Waals surface area (Å²) in [5, 5.41) is 15.7. The fourth-order valence-corrected chi connectivity index (χ4v) is 4.47. The largest absolute Gasteiger partial charge is 0.495 e. The average molecular weight is 477 g/mol. The molecule has 0 aliphatic heterocycles. The van der Waals surface area contributed by atoms with Gasteiger partial charge < -0.3 is 10.1 Å². The van der Waals surface area contributed by atoms with Crippen molar-refractivity contribution >= 4 is 43.8 Å². The van der Waals surface area contributed by atoms with Crippen molar-refractivity contribution in [1.29, 1.82) is 0 Å². The van der Waals surface area contributed by atoms with Gasteiger partial charge in [0.05, 0.1) is 22.6 Å². The molecule has 0 atom stereocenters. The van der Waals surface area contributed by atoms with Crippen LogP contribution < -0.4 is 14.8 Å². The van der Waals surface area contributed by atoms with Gasteiger partial charge in [-0.3, -0.25) is 19.6 Å². The molecule has 0 spiro atoms. The van der Waals surface area contributed by atoms with Crippen molar-refractivity contribution in [2.24, 2.45) is 0 Å². The Balaban J connectivity index is 1.55. The van der Waals surface area contributed by atoms with Gasteiger partial charge >= 0.3 is 0 Å². The number of benzene rings is 4. The van der Waals surface area contributed by atoms with Gasteiger partial charge in [0.25, 0.3) is 21.6 Å². The van der Waals surface area contributed by atoms with E-state index in [4.69, 9.17) is 4.74 Å². The third kappa shape index (κ3) is 4.66. The molecule has 0 unspecified atom stereocenters. The number of ether oxygens (including phenoxy) is 1. The number of non-ortho nitro benzene ring substituents is 1. The van der Waals surface area contributed by atoms with Gasteiger partial charge in [0.15, 0.2) is 0 Å². The van der Waals surface area contributed by atoms with Gasteiger partial charge in [-0.05, 0) is 41.8 Å². The second kappa shape index (κ2) is 9.20. The molecule has 0 saturated carbocycles. The minimum absolute atomic E-state index is 0.0746. The maximum Gasteiger partial charge on any atom is 0.271 e. The zero-order chi connectivity index (χ0) is 24.3. The molecule has 10 heteroatoms. The standard InChI is InChI=1S/C24H19N3O6S/c1-33-23-14-11-18(27(29)30)15-22(23)26-34(31,32)19-12-9-17(10-13-19)24(28)25-21-8-4-6-16-5-2-3-7-20(16)21/h2-15,26H,1H3,(H,25,28). The Kier molecular flexibility index (Phi) is 6.15. The summed E-state index contributed by atoms with van der Waals surface area (Å²) in [7, 11) is -2.78. The highest BCUT2D eigenvalue weighted by molar-refractivity contribution is 7.92. The number of nitro groups is 1. The van der Waals surface area contributed by atoms with E-state index in [1.165, 1.54) is 43.5 Å². The van der Waals surface area contributed by atoms with Crippen molar-refractivity contribution < 1.29 is 22.9 Å². The lowest BCUT2D eigenvalue weighted by Crippen LogP contribution is -2.15. The number of nitrogens with one attached hydrogen (secondary N) is 2. The Morgan fingerprint density at radius 2 is 1.62 bits per heavy atom. The third-order valence-electron chi connectivity index (χ3n) is 5.10. The lowest BCUT2D eigenvalue weighted by atomic mass is 10.1. The highest BCUT2D eigenvalue weighted by atomic mass is 32.2. The van der Waals surface area contributed by atoms with Crippen LogP contribution in [0.2, 0.25) is 0 Å². The molecule has 0 radical (unpaired) electrons. The summed E-state index contributed by atoms with van der Waals surface area (Å²) in [4.78, 5) is 23.0. The minimum atomic E-state index is -4.10. The van der Waals surface area contributed by atoms with E-state index in [0.717, 1.165) is 16.8 Å². The van der Waals surface area contributed by atoms with Crippen LogP contribution in [-0.2, 0) is 10.0 Å². The molecule has 0 fully saturated rings. The molecule has 172 valence electrons. The number of methoxy groups -OCH3 is 1. The first-order valence-corrected chi connectivity index (χ1v) is 11.5. The maximum atomic E-state index is 12.8. The third-order valence-corrected chi connectivity index (χ3v) is 6.48. The number of carbonyl (C=O) groups excluding carboxylic acids is 1. The maximum absolute atomic E-state index is 12.8. The normalized spacial score (nSPS) is 11.1. The molecule has 1 amide bonds. The Bertz CT molecular complexity index is 1500. The Morgan fingerprint density at radius 3 is 2.32 bits per heavy atom. The summed E-state index contributed by atoms with van der Waals surface area (Å²) in [6.07, 6.45) is 0. The average Bonchev–Trinajstić information content (AvgIpc) is 2.84. The lowest BCUT2D eigenvalue weighted by Gasteiger charge is -2.12. The highest BCUT2D eigenvalue weighted by Gasteiger charge is 2.20. The predicted molar refractivity (Wildman–Crippen MR) is 129 cm³/mol. The van der Waals surface area contributed by atoms with Crippen molar-refractivity contribution in [3.63, 3.8) is 0 Å². The van der Waals surface area contributed by atoms with Crippen molar-refractivity contribution in [3.8, 4) is 5.75 Å². The Morgan fingerprint density at radius 1 is 0.912 bits per heavy atom. The number of hydrogen-bond donors (Lipinski definition) is 2. The summed E-state index contributed by atoms with van der Waals surface area (Å²) >= 11 is 0. The zero-order valence-corrected chi connectivity index (χ0v) is 18.7. The highest BCUT2D eigenvalue weighted by Crippen LogP contribution is 2.31. The first-order chi connectivity index (χ1) is 16.3. The first kappa shape index (κ1) is 22.7. The van der Waals surface area contributed by atoms with Crippen LogP contribution in [0.1, 0.15) is 10.4 Å². The number of rotatable bonds is 7. The molecular formula is C24H19N3O6S. The molecule has 2 N–H and O–H groups in total. The van der Waals surface area contributed by atoms with Gasteiger partial charge in [-0.2, -0.15) is 0 Å². The summed E-state index contributed by atoms with van der Waals surface area (Å²) in [5.74, 6) is -0.270. The van der Waals surface area contributed by atoms with Crippen LogP contribution in [0.3, 0.4) is 0 Å². The lowest BCUT2D eigenvalue weighted by molar-refractivity contribution is -0.384. The van der Waals surface area contributed by atoms with Crippen LogP contribution in [0.25, 0.3) is 10.8 Å². The van der Waals surface area contributed by atoms with E-state index in [9.17, 15) is 23.3 Å². The number of hydrogen-bond acceptors (Lipinski definition) is 6. The summed E-state index contributed by atoms with van der Waals surface area (Å²) in [5.41, 5.74) is 0.535. The van der Waals surface area contributed by atoms with E-state index in [1.807, 2.05) is 36.4 Å². The molecular weight excluding hydrogens is 458 g/mol. The van der Waals surface area contributed by atoms with E-state index in [2.05, 4.69) is 10.0 Å². The van der Waals surface area contributed by atoms with Crippen molar-refractivity contribution in [2.45, 2.75) is 4.90 Å². The van der Waals surface area contributed by atoms with E-state index in [-0.39, 0.29) is 27.6 Å². The quantitative estimate of drug-likeness (QED) is 0.290. The zero-order valence-electron chi connectivity index (χ0n) is 17.9. The molecule has 4 aromatic carbocycles. The van der Waals surface area contributed by atoms with Gasteiger partial charge in [-0.25, -0.2) is 8.42 Å². The fourth-order valence-electron chi connectivity index (χ4n) is 3.41. The molecule has 0 aliphatic carbocycles. The molecule has 0 aromatic heterocycles. The molecule has 4 rings (SSSR count). The number of fused-ring (bicyclic) bond motifs is 1. The summed E-state index contributed by atoms with van der Waals surface area (Å²) in [6.45, 7) is 0.